The van der Waals surface area contributed by atoms with Crippen molar-refractivity contribution >= 4 is 11.7 Å². The third kappa shape index (κ3) is 3.02. The Morgan fingerprint density at radius 3 is 2.75 bits per heavy atom. The molecule has 0 saturated carbocycles. The van der Waals surface area contributed by atoms with Gasteiger partial charge in [-0.2, -0.15) is 13.2 Å². The van der Waals surface area contributed by atoms with Gasteiger partial charge in [0, 0.05) is 45.7 Å². The molecule has 20 heavy (non-hydrogen) atoms. The molecule has 1 amide bonds. The third-order valence-corrected chi connectivity index (χ3v) is 3.41. The highest BCUT2D eigenvalue weighted by molar-refractivity contribution is 5.78. The maximum absolute atomic E-state index is 12.9. The smallest absolute Gasteiger partial charge is 0.359 e. The first kappa shape index (κ1) is 14.6. The van der Waals surface area contributed by atoms with Crippen molar-refractivity contribution in [1.29, 1.82) is 0 Å². The second-order valence-corrected chi connectivity index (χ2v) is 5.10. The summed E-state index contributed by atoms with van der Waals surface area (Å²) in [6.45, 7) is 0.938. The third-order valence-electron chi connectivity index (χ3n) is 3.41. The summed E-state index contributed by atoms with van der Waals surface area (Å²) in [6, 6.07) is 2.29. The number of anilines is 1. The Morgan fingerprint density at radius 1 is 1.50 bits per heavy atom. The lowest BCUT2D eigenvalue weighted by Gasteiger charge is -2.24. The molecule has 1 aromatic rings. The standard InChI is InChI=1S/C13H16F3N3O/c1-18-7-9(6-11(18)20)8-19(2)12-10(13(14,15)16)4-3-5-17-12/h3-5,9H,6-8H2,1-2H3/t9-/m0/s1. The van der Waals surface area contributed by atoms with Gasteiger partial charge in [0.05, 0.1) is 5.56 Å². The van der Waals surface area contributed by atoms with Gasteiger partial charge in [0.2, 0.25) is 5.91 Å². The van der Waals surface area contributed by atoms with Gasteiger partial charge in [-0.15, -0.1) is 0 Å². The first-order valence-corrected chi connectivity index (χ1v) is 6.26. The number of carbonyl (C=O) groups excluding carboxylic acids is 1. The molecule has 1 aromatic heterocycles. The van der Waals surface area contributed by atoms with E-state index in [0.29, 0.717) is 19.5 Å². The van der Waals surface area contributed by atoms with Gasteiger partial charge in [0.1, 0.15) is 5.82 Å². The van der Waals surface area contributed by atoms with Gasteiger partial charge < -0.3 is 9.80 Å². The lowest BCUT2D eigenvalue weighted by molar-refractivity contribution is -0.137. The average Bonchev–Trinajstić information content (AvgIpc) is 2.67. The molecule has 1 saturated heterocycles. The molecule has 1 fully saturated rings. The van der Waals surface area contributed by atoms with Crippen LogP contribution in [-0.2, 0) is 11.0 Å². The largest absolute Gasteiger partial charge is 0.419 e. The van der Waals surface area contributed by atoms with E-state index in [0.717, 1.165) is 6.07 Å². The molecule has 0 aliphatic carbocycles. The van der Waals surface area contributed by atoms with Gasteiger partial charge in [-0.3, -0.25) is 4.79 Å². The summed E-state index contributed by atoms with van der Waals surface area (Å²) in [7, 11) is 3.27. The van der Waals surface area contributed by atoms with E-state index < -0.39 is 11.7 Å². The summed E-state index contributed by atoms with van der Waals surface area (Å²) < 4.78 is 38.8. The normalized spacial score (nSPS) is 19.6. The summed E-state index contributed by atoms with van der Waals surface area (Å²) in [5.74, 6) is -0.0388. The van der Waals surface area contributed by atoms with Crippen LogP contribution in [0, 0.1) is 5.92 Å². The lowest BCUT2D eigenvalue weighted by atomic mass is 10.1. The van der Waals surface area contributed by atoms with Gasteiger partial charge in [0.15, 0.2) is 0 Å². The molecule has 0 unspecified atom stereocenters. The van der Waals surface area contributed by atoms with E-state index in [1.54, 1.807) is 19.0 Å². The molecule has 4 nitrogen and oxygen atoms in total. The molecule has 0 spiro atoms. The van der Waals surface area contributed by atoms with Crippen LogP contribution in [0.25, 0.3) is 0 Å². The molecule has 2 heterocycles. The van der Waals surface area contributed by atoms with Crippen LogP contribution in [0.3, 0.4) is 0 Å². The highest BCUT2D eigenvalue weighted by atomic mass is 19.4. The summed E-state index contributed by atoms with van der Waals surface area (Å²) in [6.07, 6.45) is -2.72. The van der Waals surface area contributed by atoms with Crippen molar-refractivity contribution in [1.82, 2.24) is 9.88 Å². The quantitative estimate of drug-likeness (QED) is 0.853. The number of amides is 1. The first-order chi connectivity index (χ1) is 9.29. The maximum Gasteiger partial charge on any atom is 0.419 e. The number of nitrogens with zero attached hydrogens (tertiary/aromatic N) is 3. The number of hydrogen-bond acceptors (Lipinski definition) is 3. The van der Waals surface area contributed by atoms with Crippen LogP contribution in [0.5, 0.6) is 0 Å². The fourth-order valence-electron chi connectivity index (χ4n) is 2.47. The van der Waals surface area contributed by atoms with Crippen LogP contribution in [0.15, 0.2) is 18.3 Å². The van der Waals surface area contributed by atoms with Crippen LogP contribution in [0.1, 0.15) is 12.0 Å². The van der Waals surface area contributed by atoms with Crippen LogP contribution < -0.4 is 4.90 Å². The summed E-state index contributed by atoms with van der Waals surface area (Å²) >= 11 is 0. The van der Waals surface area contributed by atoms with E-state index in [9.17, 15) is 18.0 Å². The first-order valence-electron chi connectivity index (χ1n) is 6.26. The van der Waals surface area contributed by atoms with Crippen LogP contribution in [0.2, 0.25) is 0 Å². The second-order valence-electron chi connectivity index (χ2n) is 5.10. The van der Waals surface area contributed by atoms with E-state index >= 15 is 0 Å². The molecule has 0 bridgehead atoms. The van der Waals surface area contributed by atoms with Crippen LogP contribution in [0.4, 0.5) is 19.0 Å². The van der Waals surface area contributed by atoms with E-state index in [-0.39, 0.29) is 17.6 Å². The number of alkyl halides is 3. The van der Waals surface area contributed by atoms with Crippen molar-refractivity contribution in [3.05, 3.63) is 23.9 Å². The second kappa shape index (κ2) is 5.30. The molecule has 0 N–H and O–H groups in total. The SMILES string of the molecule is CN1C[C@@H](CN(C)c2ncccc2C(F)(F)F)CC1=O. The van der Waals surface area contributed by atoms with Crippen molar-refractivity contribution in [2.45, 2.75) is 12.6 Å². The topological polar surface area (TPSA) is 36.4 Å². The fourth-order valence-corrected chi connectivity index (χ4v) is 2.47. The molecule has 7 heteroatoms. The van der Waals surface area contributed by atoms with E-state index in [1.807, 2.05) is 0 Å². The Bertz CT molecular complexity index is 504. The number of halogens is 3. The van der Waals surface area contributed by atoms with Gasteiger partial charge in [-0.1, -0.05) is 0 Å². The van der Waals surface area contributed by atoms with Crippen molar-refractivity contribution in [3.8, 4) is 0 Å². The van der Waals surface area contributed by atoms with Gasteiger partial charge in [-0.05, 0) is 12.1 Å². The molecule has 0 radical (unpaired) electrons. The van der Waals surface area contributed by atoms with E-state index in [1.165, 1.54) is 17.2 Å². The molecule has 110 valence electrons. The average molecular weight is 287 g/mol. The number of pyridine rings is 1. The number of likely N-dealkylation sites (tertiary alicyclic amines) is 1. The Balaban J connectivity index is 2.14. The van der Waals surface area contributed by atoms with E-state index in [4.69, 9.17) is 0 Å². The Hall–Kier alpha value is -1.79. The van der Waals surface area contributed by atoms with Gasteiger partial charge >= 0.3 is 6.18 Å². The zero-order valence-corrected chi connectivity index (χ0v) is 11.3. The van der Waals surface area contributed by atoms with Crippen molar-refractivity contribution in [2.75, 3.05) is 32.1 Å². The maximum atomic E-state index is 12.9. The summed E-state index contributed by atoms with van der Waals surface area (Å²) in [5.41, 5.74) is -0.750. The van der Waals surface area contributed by atoms with E-state index in [2.05, 4.69) is 4.98 Å². The predicted molar refractivity (Wildman–Crippen MR) is 68.3 cm³/mol. The van der Waals surface area contributed by atoms with Crippen molar-refractivity contribution in [2.24, 2.45) is 5.92 Å². The molecular formula is C13H16F3N3O. The zero-order chi connectivity index (χ0) is 14.9. The summed E-state index contributed by atoms with van der Waals surface area (Å²) in [5, 5.41) is 0. The molecule has 2 rings (SSSR count). The van der Waals surface area contributed by atoms with Crippen LogP contribution in [-0.4, -0.2) is 43.0 Å². The highest BCUT2D eigenvalue weighted by Crippen LogP contribution is 2.35. The van der Waals surface area contributed by atoms with Crippen molar-refractivity contribution < 1.29 is 18.0 Å². The van der Waals surface area contributed by atoms with Crippen molar-refractivity contribution in [3.63, 3.8) is 0 Å². The Kier molecular flexibility index (Phi) is 3.87. The monoisotopic (exact) mass is 287 g/mol. The predicted octanol–water partition coefficient (Wildman–Crippen LogP) is 2.01. The minimum absolute atomic E-state index is 0.0282. The number of carbonyl (C=O) groups is 1. The van der Waals surface area contributed by atoms with Gasteiger partial charge in [0.25, 0.3) is 0 Å². The fraction of sp³-hybridized carbons (Fsp3) is 0.538. The molecule has 1 atom stereocenters. The van der Waals surface area contributed by atoms with Crippen LogP contribution >= 0.6 is 0 Å². The Morgan fingerprint density at radius 2 is 2.20 bits per heavy atom. The Labute approximate surface area is 115 Å². The molecule has 0 aromatic carbocycles. The lowest BCUT2D eigenvalue weighted by Crippen LogP contribution is -2.29. The number of rotatable bonds is 3. The minimum Gasteiger partial charge on any atom is -0.359 e. The minimum atomic E-state index is -4.43. The van der Waals surface area contributed by atoms with Gasteiger partial charge in [-0.25, -0.2) is 4.98 Å². The number of aromatic nitrogens is 1. The zero-order valence-electron chi connectivity index (χ0n) is 11.3. The molecule has 1 aliphatic heterocycles. The summed E-state index contributed by atoms with van der Waals surface area (Å²) in [4.78, 5) is 18.3. The number of hydrogen-bond donors (Lipinski definition) is 0. The molecular weight excluding hydrogens is 271 g/mol. The highest BCUT2D eigenvalue weighted by Gasteiger charge is 2.36. The molecule has 1 aliphatic rings.